The third-order valence-corrected chi connectivity index (χ3v) is 5.40. The van der Waals surface area contributed by atoms with Crippen LogP contribution in [0.4, 0.5) is 0 Å². The summed E-state index contributed by atoms with van der Waals surface area (Å²) in [6.45, 7) is 7.92. The van der Waals surface area contributed by atoms with Gasteiger partial charge in [0.25, 0.3) is 0 Å². The van der Waals surface area contributed by atoms with Crippen molar-refractivity contribution in [3.63, 3.8) is 0 Å². The first-order valence-corrected chi connectivity index (χ1v) is 8.23. The summed E-state index contributed by atoms with van der Waals surface area (Å²) in [4.78, 5) is 11.1. The van der Waals surface area contributed by atoms with E-state index in [-0.39, 0.29) is 5.91 Å². The van der Waals surface area contributed by atoms with Gasteiger partial charge in [-0.15, -0.1) is 0 Å². The quantitative estimate of drug-likeness (QED) is 0.602. The number of carbonyl (C=O) groups is 1. The van der Waals surface area contributed by atoms with Gasteiger partial charge in [-0.1, -0.05) is 55.2 Å². The molecular weight excluding hydrogens is 202 g/mol. The minimum Gasteiger partial charge on any atom is -0.355 e. The molecule has 2 nitrogen and oxygen atoms in total. The lowest BCUT2D eigenvalue weighted by atomic mass is 10.4. The Hall–Kier alpha value is -1.35. The lowest BCUT2D eigenvalue weighted by Crippen LogP contribution is -2.51. The SMILES string of the molecule is C=CC(=O)NC[Si](C)(C)c1ccccc1. The number of rotatable bonds is 4. The predicted octanol–water partition coefficient (Wildman–Crippen LogP) is 1.44. The van der Waals surface area contributed by atoms with Gasteiger partial charge < -0.3 is 5.32 Å². The standard InChI is InChI=1S/C12H17NOSi/c1-4-12(14)13-10-15(2,3)11-8-6-5-7-9-11/h4-9H,1,10H2,2-3H3,(H,13,14). The summed E-state index contributed by atoms with van der Waals surface area (Å²) in [6.07, 6.45) is 2.07. The monoisotopic (exact) mass is 219 g/mol. The molecule has 0 aliphatic carbocycles. The lowest BCUT2D eigenvalue weighted by Gasteiger charge is -2.22. The Morgan fingerprint density at radius 3 is 2.53 bits per heavy atom. The van der Waals surface area contributed by atoms with Gasteiger partial charge in [-0.3, -0.25) is 4.79 Å². The largest absolute Gasteiger partial charge is 0.355 e. The van der Waals surface area contributed by atoms with Gasteiger partial charge in [0, 0.05) is 6.17 Å². The fourth-order valence-corrected chi connectivity index (χ4v) is 3.29. The van der Waals surface area contributed by atoms with Crippen molar-refractivity contribution in [2.24, 2.45) is 0 Å². The van der Waals surface area contributed by atoms with E-state index in [4.69, 9.17) is 0 Å². The van der Waals surface area contributed by atoms with Crippen LogP contribution in [-0.4, -0.2) is 20.1 Å². The number of nitrogens with one attached hydrogen (secondary N) is 1. The maximum absolute atomic E-state index is 11.1. The normalized spacial score (nSPS) is 10.8. The molecule has 0 saturated heterocycles. The molecule has 0 saturated carbocycles. The van der Waals surface area contributed by atoms with Gasteiger partial charge in [0.15, 0.2) is 0 Å². The van der Waals surface area contributed by atoms with E-state index in [1.807, 2.05) is 18.2 Å². The van der Waals surface area contributed by atoms with E-state index in [1.165, 1.54) is 11.3 Å². The smallest absolute Gasteiger partial charge is 0.243 e. The Morgan fingerprint density at radius 1 is 1.40 bits per heavy atom. The zero-order valence-electron chi connectivity index (χ0n) is 9.29. The van der Waals surface area contributed by atoms with Crippen LogP contribution < -0.4 is 10.5 Å². The molecule has 1 aromatic carbocycles. The molecule has 0 aliphatic heterocycles. The van der Waals surface area contributed by atoms with Crippen molar-refractivity contribution in [3.05, 3.63) is 43.0 Å². The first-order chi connectivity index (χ1) is 7.06. The summed E-state index contributed by atoms with van der Waals surface area (Å²) in [5, 5.41) is 4.23. The molecule has 0 fully saturated rings. The molecule has 15 heavy (non-hydrogen) atoms. The summed E-state index contributed by atoms with van der Waals surface area (Å²) >= 11 is 0. The fourth-order valence-electron chi connectivity index (χ4n) is 1.37. The molecule has 0 radical (unpaired) electrons. The fraction of sp³-hybridized carbons (Fsp3) is 0.250. The molecule has 1 rings (SSSR count). The van der Waals surface area contributed by atoms with Crippen LogP contribution in [0.2, 0.25) is 13.1 Å². The maximum Gasteiger partial charge on any atom is 0.243 e. The molecule has 0 bridgehead atoms. The lowest BCUT2D eigenvalue weighted by molar-refractivity contribution is -0.116. The van der Waals surface area contributed by atoms with Gasteiger partial charge in [0.2, 0.25) is 5.91 Å². The van der Waals surface area contributed by atoms with E-state index < -0.39 is 8.07 Å². The predicted molar refractivity (Wildman–Crippen MR) is 66.8 cm³/mol. The van der Waals surface area contributed by atoms with Crippen molar-refractivity contribution in [1.29, 1.82) is 0 Å². The molecule has 0 aromatic heterocycles. The van der Waals surface area contributed by atoms with Crippen molar-refractivity contribution in [2.75, 3.05) is 6.17 Å². The average molecular weight is 219 g/mol. The highest BCUT2D eigenvalue weighted by Gasteiger charge is 2.23. The van der Waals surface area contributed by atoms with Crippen LogP contribution in [0, 0.1) is 0 Å². The number of benzene rings is 1. The molecule has 0 unspecified atom stereocenters. The highest BCUT2D eigenvalue weighted by molar-refractivity contribution is 6.90. The number of amides is 1. The van der Waals surface area contributed by atoms with Crippen LogP contribution in [-0.2, 0) is 4.79 Å². The summed E-state index contributed by atoms with van der Waals surface area (Å²) in [6, 6.07) is 10.4. The van der Waals surface area contributed by atoms with Crippen molar-refractivity contribution in [1.82, 2.24) is 5.32 Å². The molecule has 3 heteroatoms. The van der Waals surface area contributed by atoms with Crippen LogP contribution in [0.3, 0.4) is 0 Å². The second kappa shape index (κ2) is 4.93. The maximum atomic E-state index is 11.1. The van der Waals surface area contributed by atoms with E-state index in [2.05, 4.69) is 37.1 Å². The van der Waals surface area contributed by atoms with Crippen molar-refractivity contribution >= 4 is 19.2 Å². The van der Waals surface area contributed by atoms with Gasteiger partial charge in [-0.2, -0.15) is 0 Å². The Labute approximate surface area is 92.0 Å². The summed E-state index contributed by atoms with van der Waals surface area (Å²) < 4.78 is 0. The molecule has 1 amide bonds. The van der Waals surface area contributed by atoms with Gasteiger partial charge in [-0.25, -0.2) is 0 Å². The molecule has 1 N–H and O–H groups in total. The summed E-state index contributed by atoms with van der Waals surface area (Å²) in [7, 11) is -1.54. The van der Waals surface area contributed by atoms with Crippen LogP contribution in [0.1, 0.15) is 0 Å². The highest BCUT2D eigenvalue weighted by atomic mass is 28.3. The Bertz CT molecular complexity index is 346. The van der Waals surface area contributed by atoms with Crippen molar-refractivity contribution in [2.45, 2.75) is 13.1 Å². The second-order valence-corrected chi connectivity index (χ2v) is 8.87. The molecule has 0 heterocycles. The van der Waals surface area contributed by atoms with Crippen LogP contribution >= 0.6 is 0 Å². The molecule has 1 aromatic rings. The topological polar surface area (TPSA) is 29.1 Å². The number of hydrogen-bond donors (Lipinski definition) is 1. The minimum atomic E-state index is -1.54. The van der Waals surface area contributed by atoms with Gasteiger partial charge in [-0.05, 0) is 6.08 Å². The van der Waals surface area contributed by atoms with Gasteiger partial charge >= 0.3 is 0 Å². The zero-order valence-corrected chi connectivity index (χ0v) is 10.3. The van der Waals surface area contributed by atoms with Crippen molar-refractivity contribution in [3.8, 4) is 0 Å². The molecular formula is C12H17NOSi. The van der Waals surface area contributed by atoms with E-state index in [0.29, 0.717) is 0 Å². The van der Waals surface area contributed by atoms with E-state index in [0.717, 1.165) is 6.17 Å². The van der Waals surface area contributed by atoms with Crippen LogP contribution in [0.5, 0.6) is 0 Å². The Kier molecular flexibility index (Phi) is 3.86. The highest BCUT2D eigenvalue weighted by Crippen LogP contribution is 2.01. The molecule has 80 valence electrons. The van der Waals surface area contributed by atoms with Crippen molar-refractivity contribution < 1.29 is 4.79 Å². The van der Waals surface area contributed by atoms with Gasteiger partial charge in [0.1, 0.15) is 8.07 Å². The number of carbonyl (C=O) groups excluding carboxylic acids is 1. The van der Waals surface area contributed by atoms with Crippen LogP contribution in [0.25, 0.3) is 0 Å². The first-order valence-electron chi connectivity index (χ1n) is 5.02. The Morgan fingerprint density at radius 2 is 2.00 bits per heavy atom. The molecule has 0 atom stereocenters. The third kappa shape index (κ3) is 3.36. The van der Waals surface area contributed by atoms with Gasteiger partial charge in [0.05, 0.1) is 0 Å². The third-order valence-electron chi connectivity index (χ3n) is 2.45. The summed E-state index contributed by atoms with van der Waals surface area (Å²) in [5.74, 6) is -0.0912. The van der Waals surface area contributed by atoms with Crippen LogP contribution in [0.15, 0.2) is 43.0 Å². The average Bonchev–Trinajstić information content (AvgIpc) is 2.27. The van der Waals surface area contributed by atoms with E-state index >= 15 is 0 Å². The molecule has 0 spiro atoms. The zero-order chi connectivity index (χ0) is 11.3. The van der Waals surface area contributed by atoms with E-state index in [1.54, 1.807) is 0 Å². The van der Waals surface area contributed by atoms with E-state index in [9.17, 15) is 4.79 Å². The molecule has 0 aliphatic rings. The second-order valence-electron chi connectivity index (χ2n) is 4.17. The first kappa shape index (κ1) is 11.7. The summed E-state index contributed by atoms with van der Waals surface area (Å²) in [5.41, 5.74) is 0. The minimum absolute atomic E-state index is 0.0912. The number of hydrogen-bond acceptors (Lipinski definition) is 1. The Balaban J connectivity index is 2.67.